The largest absolute Gasteiger partial charge is 0.454 e. The summed E-state index contributed by atoms with van der Waals surface area (Å²) < 4.78 is 5.89. The molecule has 6 nitrogen and oxygen atoms in total. The van der Waals surface area contributed by atoms with Crippen molar-refractivity contribution in [3.8, 4) is 11.5 Å². The first kappa shape index (κ1) is 17.7. The van der Waals surface area contributed by atoms with Gasteiger partial charge in [0.2, 0.25) is 5.91 Å². The van der Waals surface area contributed by atoms with Gasteiger partial charge in [-0.25, -0.2) is 5.43 Å². The average molecular weight is 402 g/mol. The van der Waals surface area contributed by atoms with Crippen LogP contribution in [0.5, 0.6) is 11.5 Å². The van der Waals surface area contributed by atoms with E-state index in [9.17, 15) is 9.59 Å². The molecule has 0 bridgehead atoms. The zero-order valence-corrected chi connectivity index (χ0v) is 15.7. The van der Waals surface area contributed by atoms with E-state index in [1.165, 1.54) is 12.1 Å². The summed E-state index contributed by atoms with van der Waals surface area (Å²) in [5.41, 5.74) is 5.94. The summed E-state index contributed by atoms with van der Waals surface area (Å²) in [5.74, 6) is 0.0203. The summed E-state index contributed by atoms with van der Waals surface area (Å²) in [4.78, 5) is 27.6. The molecule has 4 rings (SSSR count). The van der Waals surface area contributed by atoms with Crippen molar-refractivity contribution in [1.29, 1.82) is 0 Å². The fraction of sp³-hybridized carbons (Fsp3) is 0.158. The van der Waals surface area contributed by atoms with Crippen molar-refractivity contribution in [2.45, 2.75) is 19.9 Å². The molecule has 27 heavy (non-hydrogen) atoms. The molecule has 136 valence electrons. The van der Waals surface area contributed by atoms with Gasteiger partial charge in [-0.3, -0.25) is 14.6 Å². The lowest BCUT2D eigenvalue weighted by atomic mass is 10.0. The predicted octanol–water partition coefficient (Wildman–Crippen LogP) is 3.90. The highest BCUT2D eigenvalue weighted by Crippen LogP contribution is 2.38. The molecule has 1 N–H and O–H groups in total. The van der Waals surface area contributed by atoms with Gasteiger partial charge in [0.25, 0.3) is 0 Å². The number of hydrogen-bond donors (Lipinski definition) is 1. The van der Waals surface area contributed by atoms with Gasteiger partial charge in [-0.2, -0.15) is 5.10 Å². The number of Topliss-reactive ketones (excluding diaryl/α,β-unsaturated/α-hetero) is 1. The number of hydrogen-bond acceptors (Lipinski definition) is 5. The maximum Gasteiger partial charge on any atom is 0.247 e. The highest BCUT2D eigenvalue weighted by molar-refractivity contribution is 6.50. The number of ether oxygens (including phenoxy) is 1. The van der Waals surface area contributed by atoms with Gasteiger partial charge < -0.3 is 4.74 Å². The molecule has 0 saturated heterocycles. The van der Waals surface area contributed by atoms with Crippen LogP contribution in [0.1, 0.15) is 30.0 Å². The number of nitrogens with zero attached hydrogens (tertiary/aromatic N) is 2. The van der Waals surface area contributed by atoms with Gasteiger partial charge in [-0.05, 0) is 36.8 Å². The van der Waals surface area contributed by atoms with Gasteiger partial charge in [0.1, 0.15) is 11.5 Å². The highest BCUT2D eigenvalue weighted by Gasteiger charge is 2.24. The van der Waals surface area contributed by atoms with E-state index >= 15 is 0 Å². The molecule has 8 heteroatoms. The van der Waals surface area contributed by atoms with Crippen molar-refractivity contribution in [2.75, 3.05) is 0 Å². The fourth-order valence-electron chi connectivity index (χ4n) is 2.97. The maximum absolute atomic E-state index is 12.0. The van der Waals surface area contributed by atoms with Gasteiger partial charge >= 0.3 is 0 Å². The standard InChI is InChI=1S/C19H13Cl2N3O3/c1-9-13-6-12(3-2-10(13)8-22-9)27-19-14(20)4-11(5-15(19)21)18-16(25)7-17(26)23-24-18/h2-6H,7-8H2,1H3,(H,23,26). The number of aliphatic imine (C=N–C) groups is 1. The Morgan fingerprint density at radius 1 is 1.11 bits per heavy atom. The number of fused-ring (bicyclic) bond motifs is 1. The van der Waals surface area contributed by atoms with Crippen LogP contribution in [0.2, 0.25) is 10.0 Å². The van der Waals surface area contributed by atoms with Crippen LogP contribution in [-0.2, 0) is 16.1 Å². The molecule has 0 radical (unpaired) electrons. The lowest BCUT2D eigenvalue weighted by Crippen LogP contribution is -2.33. The normalized spacial score (nSPS) is 15.8. The van der Waals surface area contributed by atoms with E-state index in [2.05, 4.69) is 15.5 Å². The Labute approximate surface area is 164 Å². The summed E-state index contributed by atoms with van der Waals surface area (Å²) in [6.07, 6.45) is -0.262. The molecule has 2 aliphatic heterocycles. The Hall–Kier alpha value is -2.70. The number of rotatable bonds is 3. The number of benzene rings is 2. The SMILES string of the molecule is CC1=NCc2ccc(Oc3c(Cl)cc(C4=NNC(=O)CC4=O)cc3Cl)cc21. The molecule has 0 saturated carbocycles. The van der Waals surface area contributed by atoms with Crippen molar-refractivity contribution in [1.82, 2.24) is 5.43 Å². The van der Waals surface area contributed by atoms with Crippen LogP contribution < -0.4 is 10.2 Å². The number of halogens is 2. The van der Waals surface area contributed by atoms with Crippen molar-refractivity contribution < 1.29 is 14.3 Å². The molecular weight excluding hydrogens is 389 g/mol. The second-order valence-corrected chi connectivity index (χ2v) is 7.00. The summed E-state index contributed by atoms with van der Waals surface area (Å²) in [6.45, 7) is 2.62. The summed E-state index contributed by atoms with van der Waals surface area (Å²) in [7, 11) is 0. The van der Waals surface area contributed by atoms with E-state index in [4.69, 9.17) is 27.9 Å². The smallest absolute Gasteiger partial charge is 0.247 e. The quantitative estimate of drug-likeness (QED) is 0.791. The van der Waals surface area contributed by atoms with Gasteiger partial charge in [0, 0.05) is 16.8 Å². The van der Waals surface area contributed by atoms with E-state index in [1.807, 2.05) is 25.1 Å². The van der Waals surface area contributed by atoms with Crippen LogP contribution in [0.25, 0.3) is 0 Å². The molecule has 0 aliphatic carbocycles. The van der Waals surface area contributed by atoms with Crippen LogP contribution in [0.4, 0.5) is 0 Å². The maximum atomic E-state index is 12.0. The third-order valence-corrected chi connectivity index (χ3v) is 4.89. The van der Waals surface area contributed by atoms with Crippen LogP contribution >= 0.6 is 23.2 Å². The first-order valence-corrected chi connectivity index (χ1v) is 8.89. The molecule has 2 aliphatic rings. The van der Waals surface area contributed by atoms with Crippen LogP contribution in [0.15, 0.2) is 40.4 Å². The second kappa shape index (κ2) is 6.79. The lowest BCUT2D eigenvalue weighted by molar-refractivity contribution is -0.126. The summed E-state index contributed by atoms with van der Waals surface area (Å²) in [5, 5.41) is 4.27. The van der Waals surface area contributed by atoms with E-state index < -0.39 is 11.7 Å². The summed E-state index contributed by atoms with van der Waals surface area (Å²) >= 11 is 12.7. The number of nitrogens with one attached hydrogen (secondary N) is 1. The minimum absolute atomic E-state index is 0.106. The molecule has 2 heterocycles. The minimum Gasteiger partial charge on any atom is -0.454 e. The zero-order chi connectivity index (χ0) is 19.1. The predicted molar refractivity (Wildman–Crippen MR) is 103 cm³/mol. The first-order valence-electron chi connectivity index (χ1n) is 8.13. The van der Waals surface area contributed by atoms with Gasteiger partial charge in [0.05, 0.1) is 23.0 Å². The molecule has 1 amide bonds. The Morgan fingerprint density at radius 3 is 2.56 bits per heavy atom. The molecule has 0 aromatic heterocycles. The number of ketones is 1. The van der Waals surface area contributed by atoms with E-state index in [0.29, 0.717) is 17.9 Å². The Kier molecular flexibility index (Phi) is 4.45. The Morgan fingerprint density at radius 2 is 1.85 bits per heavy atom. The number of amides is 1. The van der Waals surface area contributed by atoms with Gasteiger partial charge in [-0.15, -0.1) is 0 Å². The number of carbonyl (C=O) groups excluding carboxylic acids is 2. The molecule has 0 fully saturated rings. The van der Waals surface area contributed by atoms with Crippen LogP contribution in [-0.4, -0.2) is 23.1 Å². The Bertz CT molecular complexity index is 1040. The molecule has 0 unspecified atom stereocenters. The van der Waals surface area contributed by atoms with E-state index in [1.54, 1.807) is 0 Å². The monoisotopic (exact) mass is 401 g/mol. The average Bonchev–Trinajstić information content (AvgIpc) is 2.99. The lowest BCUT2D eigenvalue weighted by Gasteiger charge is -2.15. The van der Waals surface area contributed by atoms with Gasteiger partial charge in [-0.1, -0.05) is 29.3 Å². The van der Waals surface area contributed by atoms with E-state index in [-0.39, 0.29) is 27.9 Å². The topological polar surface area (TPSA) is 80.1 Å². The third kappa shape index (κ3) is 3.34. The Balaban J connectivity index is 1.65. The fourth-order valence-corrected chi connectivity index (χ4v) is 3.53. The van der Waals surface area contributed by atoms with E-state index in [0.717, 1.165) is 16.8 Å². The summed E-state index contributed by atoms with van der Waals surface area (Å²) in [6, 6.07) is 8.76. The van der Waals surface area contributed by atoms with Crippen molar-refractivity contribution >= 4 is 46.3 Å². The first-order chi connectivity index (χ1) is 12.9. The number of carbonyl (C=O) groups is 2. The van der Waals surface area contributed by atoms with Crippen molar-refractivity contribution in [3.05, 3.63) is 57.1 Å². The third-order valence-electron chi connectivity index (χ3n) is 4.33. The molecule has 0 spiro atoms. The van der Waals surface area contributed by atoms with Crippen LogP contribution in [0.3, 0.4) is 0 Å². The van der Waals surface area contributed by atoms with Gasteiger partial charge in [0.15, 0.2) is 11.5 Å². The van der Waals surface area contributed by atoms with Crippen molar-refractivity contribution in [3.63, 3.8) is 0 Å². The zero-order valence-electron chi connectivity index (χ0n) is 14.2. The second-order valence-electron chi connectivity index (χ2n) is 6.19. The molecule has 2 aromatic rings. The molecule has 2 aromatic carbocycles. The highest BCUT2D eigenvalue weighted by atomic mass is 35.5. The molecular formula is C19H13Cl2N3O3. The molecule has 0 atom stereocenters. The van der Waals surface area contributed by atoms with Crippen molar-refractivity contribution in [2.24, 2.45) is 10.1 Å². The minimum atomic E-state index is -0.448. The number of hydrazone groups is 1. The van der Waals surface area contributed by atoms with Crippen LogP contribution in [0, 0.1) is 0 Å².